The number of phenolic OH excluding ortho intramolecular Hbond substituents is 1. The smallest absolute Gasteiger partial charge is 0.342 e. The molecule has 0 fully saturated rings. The number of para-hydroxylation sites is 1. The number of carbonyl (C=O) groups excluding carboxylic acids is 2. The van der Waals surface area contributed by atoms with Crippen molar-refractivity contribution >= 4 is 17.5 Å². The molecule has 6 heteroatoms. The van der Waals surface area contributed by atoms with Gasteiger partial charge in [-0.05, 0) is 25.5 Å². The molecule has 0 aliphatic heterocycles. The molecule has 6 nitrogen and oxygen atoms in total. The van der Waals surface area contributed by atoms with Gasteiger partial charge in [-0.25, -0.2) is 4.79 Å². The van der Waals surface area contributed by atoms with Gasteiger partial charge in [0.1, 0.15) is 17.2 Å². The van der Waals surface area contributed by atoms with Crippen LogP contribution in [-0.2, 0) is 9.53 Å². The van der Waals surface area contributed by atoms with Crippen molar-refractivity contribution in [3.05, 3.63) is 29.3 Å². The quantitative estimate of drug-likeness (QED) is 0.625. The van der Waals surface area contributed by atoms with Crippen molar-refractivity contribution < 1.29 is 19.4 Å². The SMILES string of the molecule is CC(=N)[C@@H](C#N)C(=O)COC(=O)c1cccc(C)c1O. The number of Topliss-reactive ketones (excluding diaryl/α,β-unsaturated/α-hetero) is 1. The Morgan fingerprint density at radius 2 is 2.15 bits per heavy atom. The van der Waals surface area contributed by atoms with Gasteiger partial charge in [-0.15, -0.1) is 0 Å². The van der Waals surface area contributed by atoms with Gasteiger partial charge in [0.25, 0.3) is 0 Å². The highest BCUT2D eigenvalue weighted by molar-refractivity contribution is 6.06. The van der Waals surface area contributed by atoms with Crippen LogP contribution in [0.4, 0.5) is 0 Å². The minimum absolute atomic E-state index is 0.0436. The second-order valence-electron chi connectivity index (χ2n) is 4.26. The summed E-state index contributed by atoms with van der Waals surface area (Å²) >= 11 is 0. The van der Waals surface area contributed by atoms with Crippen LogP contribution in [0.2, 0.25) is 0 Å². The van der Waals surface area contributed by atoms with Gasteiger partial charge in [-0.1, -0.05) is 12.1 Å². The maximum atomic E-state index is 11.7. The highest BCUT2D eigenvalue weighted by Crippen LogP contribution is 2.22. The number of aromatic hydroxyl groups is 1. The Kier molecular flexibility index (Phi) is 4.98. The zero-order valence-electron chi connectivity index (χ0n) is 11.1. The molecule has 20 heavy (non-hydrogen) atoms. The van der Waals surface area contributed by atoms with Crippen LogP contribution in [0.15, 0.2) is 18.2 Å². The molecule has 0 aliphatic carbocycles. The third-order valence-corrected chi connectivity index (χ3v) is 2.69. The molecular weight excluding hydrogens is 260 g/mol. The first-order valence-electron chi connectivity index (χ1n) is 5.81. The third-order valence-electron chi connectivity index (χ3n) is 2.69. The van der Waals surface area contributed by atoms with E-state index in [0.29, 0.717) is 5.56 Å². The summed E-state index contributed by atoms with van der Waals surface area (Å²) in [4.78, 5) is 23.3. The Morgan fingerprint density at radius 3 is 2.70 bits per heavy atom. The Balaban J connectivity index is 2.74. The lowest BCUT2D eigenvalue weighted by Crippen LogP contribution is -2.25. The molecule has 0 heterocycles. The number of hydrogen-bond acceptors (Lipinski definition) is 6. The number of benzene rings is 1. The lowest BCUT2D eigenvalue weighted by atomic mass is 10.0. The molecule has 1 rings (SSSR count). The Bertz CT molecular complexity index is 602. The van der Waals surface area contributed by atoms with Crippen LogP contribution in [-0.4, -0.2) is 29.2 Å². The molecule has 0 aliphatic rings. The number of carbonyl (C=O) groups is 2. The minimum Gasteiger partial charge on any atom is -0.507 e. The van der Waals surface area contributed by atoms with Gasteiger partial charge >= 0.3 is 5.97 Å². The van der Waals surface area contributed by atoms with Crippen molar-refractivity contribution in [2.75, 3.05) is 6.61 Å². The van der Waals surface area contributed by atoms with Crippen LogP contribution >= 0.6 is 0 Å². The fourth-order valence-corrected chi connectivity index (χ4v) is 1.53. The largest absolute Gasteiger partial charge is 0.507 e. The fourth-order valence-electron chi connectivity index (χ4n) is 1.53. The molecule has 0 amide bonds. The number of hydrogen-bond donors (Lipinski definition) is 2. The van der Waals surface area contributed by atoms with E-state index in [1.807, 2.05) is 0 Å². The number of aryl methyl sites for hydroxylation is 1. The van der Waals surface area contributed by atoms with Gasteiger partial charge in [-0.3, -0.25) is 4.79 Å². The molecule has 1 aromatic carbocycles. The number of nitrogens with one attached hydrogen (secondary N) is 1. The first kappa shape index (κ1) is 15.4. The molecule has 104 valence electrons. The van der Waals surface area contributed by atoms with Crippen LogP contribution in [0.3, 0.4) is 0 Å². The highest BCUT2D eigenvalue weighted by Gasteiger charge is 2.22. The van der Waals surface area contributed by atoms with E-state index in [2.05, 4.69) is 0 Å². The number of nitrogens with zero attached hydrogens (tertiary/aromatic N) is 1. The molecule has 1 aromatic rings. The number of ketones is 1. The minimum atomic E-state index is -1.21. The van der Waals surface area contributed by atoms with E-state index in [9.17, 15) is 14.7 Å². The Hall–Kier alpha value is -2.68. The van der Waals surface area contributed by atoms with E-state index in [1.54, 1.807) is 25.1 Å². The zero-order valence-corrected chi connectivity index (χ0v) is 11.1. The second-order valence-corrected chi connectivity index (χ2v) is 4.26. The van der Waals surface area contributed by atoms with Gasteiger partial charge in [0.2, 0.25) is 0 Å². The van der Waals surface area contributed by atoms with E-state index >= 15 is 0 Å². The summed E-state index contributed by atoms with van der Waals surface area (Å²) in [5.41, 5.74) is 0.362. The van der Waals surface area contributed by atoms with Gasteiger partial charge < -0.3 is 15.3 Å². The average Bonchev–Trinajstić information content (AvgIpc) is 2.39. The lowest BCUT2D eigenvalue weighted by Gasteiger charge is -2.09. The van der Waals surface area contributed by atoms with E-state index < -0.39 is 24.3 Å². The Labute approximate surface area is 116 Å². The number of ether oxygens (including phenoxy) is 1. The molecule has 0 saturated carbocycles. The number of esters is 1. The van der Waals surface area contributed by atoms with Crippen molar-refractivity contribution in [3.63, 3.8) is 0 Å². The van der Waals surface area contributed by atoms with E-state index in [-0.39, 0.29) is 17.0 Å². The summed E-state index contributed by atoms with van der Waals surface area (Å²) in [6.07, 6.45) is 0. The number of rotatable bonds is 5. The first-order chi connectivity index (χ1) is 9.38. The number of phenols is 1. The summed E-state index contributed by atoms with van der Waals surface area (Å²) in [6.45, 7) is 2.35. The summed E-state index contributed by atoms with van der Waals surface area (Å²) in [5, 5.41) is 25.7. The Morgan fingerprint density at radius 1 is 1.50 bits per heavy atom. The van der Waals surface area contributed by atoms with Gasteiger partial charge in [0.15, 0.2) is 12.4 Å². The van der Waals surface area contributed by atoms with Crippen LogP contribution in [0.1, 0.15) is 22.8 Å². The van der Waals surface area contributed by atoms with Gasteiger partial charge in [0, 0.05) is 5.71 Å². The van der Waals surface area contributed by atoms with Crippen molar-refractivity contribution in [2.45, 2.75) is 13.8 Å². The lowest BCUT2D eigenvalue weighted by molar-refractivity contribution is -0.122. The van der Waals surface area contributed by atoms with Crippen LogP contribution in [0.5, 0.6) is 5.75 Å². The second kappa shape index (κ2) is 6.48. The molecular formula is C14H14N2O4. The van der Waals surface area contributed by atoms with Crippen molar-refractivity contribution in [1.29, 1.82) is 10.7 Å². The molecule has 0 spiro atoms. The topological polar surface area (TPSA) is 111 Å². The third kappa shape index (κ3) is 3.42. The highest BCUT2D eigenvalue weighted by atomic mass is 16.5. The fraction of sp³-hybridized carbons (Fsp3) is 0.286. The molecule has 0 saturated heterocycles. The maximum absolute atomic E-state index is 11.7. The summed E-state index contributed by atoms with van der Waals surface area (Å²) in [7, 11) is 0. The predicted molar refractivity (Wildman–Crippen MR) is 70.6 cm³/mol. The summed E-state index contributed by atoms with van der Waals surface area (Å²) < 4.78 is 4.76. The zero-order chi connectivity index (χ0) is 15.3. The van der Waals surface area contributed by atoms with Gasteiger partial charge in [0.05, 0.1) is 6.07 Å². The van der Waals surface area contributed by atoms with Crippen LogP contribution in [0, 0.1) is 29.6 Å². The number of nitriles is 1. The summed E-state index contributed by atoms with van der Waals surface area (Å²) in [5.74, 6) is -2.93. The van der Waals surface area contributed by atoms with Gasteiger partial charge in [-0.2, -0.15) is 5.26 Å². The van der Waals surface area contributed by atoms with Crippen LogP contribution in [0.25, 0.3) is 0 Å². The monoisotopic (exact) mass is 274 g/mol. The van der Waals surface area contributed by atoms with E-state index in [1.165, 1.54) is 13.0 Å². The molecule has 0 aromatic heterocycles. The maximum Gasteiger partial charge on any atom is 0.342 e. The molecule has 2 N–H and O–H groups in total. The average molecular weight is 274 g/mol. The van der Waals surface area contributed by atoms with Crippen molar-refractivity contribution in [2.24, 2.45) is 5.92 Å². The molecule has 0 unspecified atom stereocenters. The molecule has 0 bridgehead atoms. The van der Waals surface area contributed by atoms with Crippen molar-refractivity contribution in [1.82, 2.24) is 0 Å². The molecule has 1 atom stereocenters. The predicted octanol–water partition coefficient (Wildman–Crippen LogP) is 1.61. The first-order valence-corrected chi connectivity index (χ1v) is 5.81. The van der Waals surface area contributed by atoms with Crippen LogP contribution < -0.4 is 0 Å². The molecule has 0 radical (unpaired) electrons. The standard InChI is InChI=1S/C14H14N2O4/c1-8-4-3-5-10(13(8)18)14(19)20-7-12(17)11(6-15)9(2)16/h3-5,11,16,18H,7H2,1-2H3/t11-/m1/s1. The van der Waals surface area contributed by atoms with Crippen molar-refractivity contribution in [3.8, 4) is 11.8 Å². The summed E-state index contributed by atoms with van der Waals surface area (Å²) in [6, 6.07) is 6.25. The van der Waals surface area contributed by atoms with E-state index in [0.717, 1.165) is 0 Å². The normalized spacial score (nSPS) is 11.2. The van der Waals surface area contributed by atoms with E-state index in [4.69, 9.17) is 15.4 Å².